The second kappa shape index (κ2) is 5.31. The van der Waals surface area contributed by atoms with E-state index in [-0.39, 0.29) is 30.2 Å². The minimum Gasteiger partial charge on any atom is -0.356 e. The molecule has 3 heterocycles. The van der Waals surface area contributed by atoms with Crippen molar-refractivity contribution in [3.63, 3.8) is 0 Å². The number of piperazine rings is 1. The summed E-state index contributed by atoms with van der Waals surface area (Å²) < 4.78 is 13.7. The molecule has 0 bridgehead atoms. The Labute approximate surface area is 145 Å². The van der Waals surface area contributed by atoms with Gasteiger partial charge in [-0.2, -0.15) is 0 Å². The number of amides is 2. The second-order valence-corrected chi connectivity index (χ2v) is 7.23. The summed E-state index contributed by atoms with van der Waals surface area (Å²) in [6, 6.07) is 4.61. The van der Waals surface area contributed by atoms with E-state index in [0.717, 1.165) is 28.6 Å². The third kappa shape index (κ3) is 2.06. The molecule has 0 aliphatic carbocycles. The van der Waals surface area contributed by atoms with Crippen LogP contribution in [-0.2, 0) is 21.5 Å². The summed E-state index contributed by atoms with van der Waals surface area (Å²) in [6.45, 7) is 6.40. The van der Waals surface area contributed by atoms with Crippen LogP contribution in [-0.4, -0.2) is 45.7 Å². The van der Waals surface area contributed by atoms with Crippen molar-refractivity contribution >= 4 is 22.7 Å². The lowest BCUT2D eigenvalue weighted by Crippen LogP contribution is -2.68. The Kier molecular flexibility index (Phi) is 3.42. The normalized spacial score (nSPS) is 24.5. The van der Waals surface area contributed by atoms with Crippen molar-refractivity contribution in [1.29, 1.82) is 0 Å². The number of rotatable bonds is 2. The van der Waals surface area contributed by atoms with E-state index in [2.05, 4.69) is 4.98 Å². The second-order valence-electron chi connectivity index (χ2n) is 7.23. The number of nitrogens with one attached hydrogen (secondary N) is 1. The van der Waals surface area contributed by atoms with Gasteiger partial charge in [0.25, 0.3) is 5.91 Å². The zero-order valence-corrected chi connectivity index (χ0v) is 14.7. The maximum absolute atomic E-state index is 13.7. The molecule has 1 aromatic heterocycles. The molecule has 1 N–H and O–H groups in total. The smallest absolute Gasteiger partial charge is 0.255 e. The minimum absolute atomic E-state index is 0.00243. The van der Waals surface area contributed by atoms with Crippen LogP contribution in [0.25, 0.3) is 10.9 Å². The van der Waals surface area contributed by atoms with Crippen LogP contribution >= 0.6 is 0 Å². The zero-order valence-electron chi connectivity index (χ0n) is 14.7. The topological polar surface area (TPSA) is 56.4 Å². The average molecular weight is 343 g/mol. The van der Waals surface area contributed by atoms with E-state index >= 15 is 0 Å². The predicted octanol–water partition coefficient (Wildman–Crippen LogP) is 2.55. The molecule has 0 unspecified atom stereocenters. The zero-order chi connectivity index (χ0) is 17.9. The van der Waals surface area contributed by atoms with Gasteiger partial charge in [0.1, 0.15) is 12.4 Å². The molecule has 2 aliphatic rings. The molecule has 5 nitrogen and oxygen atoms in total. The van der Waals surface area contributed by atoms with E-state index in [1.807, 2.05) is 20.8 Å². The van der Waals surface area contributed by atoms with Gasteiger partial charge >= 0.3 is 0 Å². The molecular weight excluding hydrogens is 321 g/mol. The van der Waals surface area contributed by atoms with Crippen molar-refractivity contribution in [3.05, 3.63) is 35.3 Å². The van der Waals surface area contributed by atoms with Gasteiger partial charge in [-0.15, -0.1) is 0 Å². The Morgan fingerprint density at radius 1 is 1.36 bits per heavy atom. The number of aromatic amines is 1. The fraction of sp³-hybridized carbons (Fsp3) is 0.474. The van der Waals surface area contributed by atoms with Crippen LogP contribution in [0.4, 0.5) is 4.39 Å². The lowest BCUT2D eigenvalue weighted by Gasteiger charge is -2.50. The van der Waals surface area contributed by atoms with Crippen molar-refractivity contribution in [3.8, 4) is 0 Å². The van der Waals surface area contributed by atoms with E-state index in [9.17, 15) is 14.0 Å². The minimum atomic E-state index is -1.05. The number of aromatic nitrogens is 1. The summed E-state index contributed by atoms with van der Waals surface area (Å²) in [5.74, 6) is -0.388. The molecule has 4 rings (SSSR count). The van der Waals surface area contributed by atoms with E-state index in [4.69, 9.17) is 0 Å². The van der Waals surface area contributed by atoms with Crippen LogP contribution in [0.3, 0.4) is 0 Å². The highest BCUT2D eigenvalue weighted by Crippen LogP contribution is 2.42. The number of hydrogen-bond acceptors (Lipinski definition) is 2. The molecule has 2 aliphatic heterocycles. The number of nitrogens with zero attached hydrogens (tertiary/aromatic N) is 2. The first kappa shape index (κ1) is 16.1. The fourth-order valence-electron chi connectivity index (χ4n) is 4.23. The standard InChI is InChI=1S/C19H22FN3O2/c1-4-11(2)22-10-16(24)23-8-7-13-14-9-12(20)5-6-15(14)21-17(13)19(23,3)18(22)25/h5-6,9,11,21H,4,7-8,10H2,1-3H3/t11-,19+/m1/s1. The molecule has 0 radical (unpaired) electrons. The van der Waals surface area contributed by atoms with E-state index in [1.54, 1.807) is 15.9 Å². The van der Waals surface area contributed by atoms with Crippen LogP contribution in [0, 0.1) is 5.82 Å². The summed E-state index contributed by atoms with van der Waals surface area (Å²) in [6.07, 6.45) is 1.41. The Morgan fingerprint density at radius 3 is 2.84 bits per heavy atom. The molecule has 2 aromatic rings. The molecule has 25 heavy (non-hydrogen) atoms. The third-order valence-corrected chi connectivity index (χ3v) is 5.89. The molecule has 132 valence electrons. The Hall–Kier alpha value is -2.37. The molecule has 6 heteroatoms. The van der Waals surface area contributed by atoms with Gasteiger partial charge in [-0.3, -0.25) is 9.59 Å². The largest absolute Gasteiger partial charge is 0.356 e. The van der Waals surface area contributed by atoms with Crippen molar-refractivity contribution < 1.29 is 14.0 Å². The first-order valence-corrected chi connectivity index (χ1v) is 8.80. The van der Waals surface area contributed by atoms with Gasteiger partial charge in [-0.1, -0.05) is 6.92 Å². The van der Waals surface area contributed by atoms with Crippen LogP contribution < -0.4 is 0 Å². The maximum atomic E-state index is 13.7. The van der Waals surface area contributed by atoms with Crippen molar-refractivity contribution in [2.75, 3.05) is 13.1 Å². The monoisotopic (exact) mass is 343 g/mol. The number of benzene rings is 1. The summed E-state index contributed by atoms with van der Waals surface area (Å²) >= 11 is 0. The van der Waals surface area contributed by atoms with Crippen LogP contribution in [0.2, 0.25) is 0 Å². The Balaban J connectivity index is 1.92. The summed E-state index contributed by atoms with van der Waals surface area (Å²) in [4.78, 5) is 32.8. The number of halogens is 1. The first-order valence-electron chi connectivity index (χ1n) is 8.80. The van der Waals surface area contributed by atoms with Gasteiger partial charge in [0.2, 0.25) is 5.91 Å². The van der Waals surface area contributed by atoms with Crippen LogP contribution in [0.15, 0.2) is 18.2 Å². The Bertz CT molecular complexity index is 890. The molecule has 1 aromatic carbocycles. The average Bonchev–Trinajstić information content (AvgIpc) is 2.96. The number of H-pyrrole nitrogens is 1. The summed E-state index contributed by atoms with van der Waals surface area (Å²) in [5.41, 5.74) is 1.42. The highest BCUT2D eigenvalue weighted by atomic mass is 19.1. The highest BCUT2D eigenvalue weighted by Gasteiger charge is 2.54. The van der Waals surface area contributed by atoms with Crippen LogP contribution in [0.1, 0.15) is 38.4 Å². The van der Waals surface area contributed by atoms with Crippen molar-refractivity contribution in [1.82, 2.24) is 14.8 Å². The Morgan fingerprint density at radius 2 is 2.12 bits per heavy atom. The number of hydrogen-bond donors (Lipinski definition) is 1. The molecule has 1 fully saturated rings. The van der Waals surface area contributed by atoms with Gasteiger partial charge in [0.05, 0.1) is 5.69 Å². The van der Waals surface area contributed by atoms with Gasteiger partial charge in [0.15, 0.2) is 5.54 Å². The lowest BCUT2D eigenvalue weighted by atomic mass is 9.82. The summed E-state index contributed by atoms with van der Waals surface area (Å²) in [7, 11) is 0. The SMILES string of the molecule is CC[C@@H](C)N1CC(=O)N2CCc3c([nH]c4ccc(F)cc34)[C@@]2(C)C1=O. The fourth-order valence-corrected chi connectivity index (χ4v) is 4.23. The van der Waals surface area contributed by atoms with Crippen molar-refractivity contribution in [2.45, 2.75) is 45.2 Å². The molecule has 2 amide bonds. The molecule has 2 atom stereocenters. The van der Waals surface area contributed by atoms with Gasteiger partial charge in [0, 0.05) is 23.5 Å². The van der Waals surface area contributed by atoms with E-state index in [0.29, 0.717) is 13.0 Å². The highest BCUT2D eigenvalue weighted by molar-refractivity contribution is 6.00. The quantitative estimate of drug-likeness (QED) is 0.911. The van der Waals surface area contributed by atoms with Gasteiger partial charge in [-0.25, -0.2) is 4.39 Å². The lowest BCUT2D eigenvalue weighted by molar-refractivity contribution is -0.168. The number of carbonyl (C=O) groups is 2. The number of carbonyl (C=O) groups excluding carboxylic acids is 2. The third-order valence-electron chi connectivity index (χ3n) is 5.89. The van der Waals surface area contributed by atoms with Gasteiger partial charge < -0.3 is 14.8 Å². The molecular formula is C19H22FN3O2. The van der Waals surface area contributed by atoms with Crippen molar-refractivity contribution in [2.24, 2.45) is 0 Å². The predicted molar refractivity (Wildman–Crippen MR) is 92.5 cm³/mol. The van der Waals surface area contributed by atoms with Crippen LogP contribution in [0.5, 0.6) is 0 Å². The number of fused-ring (bicyclic) bond motifs is 5. The van der Waals surface area contributed by atoms with E-state index < -0.39 is 5.54 Å². The summed E-state index contributed by atoms with van der Waals surface area (Å²) in [5, 5.41) is 0.803. The molecule has 1 saturated heterocycles. The maximum Gasteiger partial charge on any atom is 0.255 e. The first-order chi connectivity index (χ1) is 11.9. The van der Waals surface area contributed by atoms with E-state index in [1.165, 1.54) is 12.1 Å². The molecule has 0 saturated carbocycles. The van der Waals surface area contributed by atoms with Gasteiger partial charge in [-0.05, 0) is 50.5 Å². The molecule has 0 spiro atoms.